The smallest absolute Gasteiger partial charge is 0.256 e. The molecule has 1 saturated heterocycles. The van der Waals surface area contributed by atoms with E-state index < -0.39 is 5.82 Å². The van der Waals surface area contributed by atoms with E-state index in [-0.39, 0.29) is 11.9 Å². The average Bonchev–Trinajstić information content (AvgIpc) is 3.19. The van der Waals surface area contributed by atoms with Gasteiger partial charge in [0.1, 0.15) is 17.8 Å². The van der Waals surface area contributed by atoms with Crippen LogP contribution in [0.4, 0.5) is 4.39 Å². The molecule has 0 radical (unpaired) electrons. The van der Waals surface area contributed by atoms with Crippen molar-refractivity contribution in [3.63, 3.8) is 0 Å². The number of benzene rings is 1. The highest BCUT2D eigenvalue weighted by Gasteiger charge is 2.42. The molecule has 5 rings (SSSR count). The first-order chi connectivity index (χ1) is 13.0. The first-order valence-corrected chi connectivity index (χ1v) is 8.69. The molecule has 0 saturated carbocycles. The third-order valence-corrected chi connectivity index (χ3v) is 4.98. The van der Waals surface area contributed by atoms with E-state index in [9.17, 15) is 9.18 Å². The summed E-state index contributed by atoms with van der Waals surface area (Å²) in [4.78, 5) is 25.5. The van der Waals surface area contributed by atoms with Crippen LogP contribution < -0.4 is 0 Å². The molecule has 9 heteroatoms. The predicted molar refractivity (Wildman–Crippen MR) is 92.6 cm³/mol. The average molecular weight is 368 g/mol. The van der Waals surface area contributed by atoms with Crippen LogP contribution in [0.15, 0.2) is 29.0 Å². The summed E-state index contributed by atoms with van der Waals surface area (Å²) in [6.07, 6.45) is 2.45. The normalized spacial score (nSPS) is 18.0. The maximum Gasteiger partial charge on any atom is 0.256 e. The van der Waals surface area contributed by atoms with Crippen molar-refractivity contribution in [2.75, 3.05) is 20.6 Å². The Morgan fingerprint density at radius 3 is 2.96 bits per heavy atom. The Morgan fingerprint density at radius 2 is 2.22 bits per heavy atom. The van der Waals surface area contributed by atoms with Gasteiger partial charge in [0, 0.05) is 6.54 Å². The fourth-order valence-corrected chi connectivity index (χ4v) is 3.69. The number of aromatic nitrogens is 4. The number of carbonyl (C=O) groups is 1. The van der Waals surface area contributed by atoms with Crippen molar-refractivity contribution in [1.82, 2.24) is 29.5 Å². The summed E-state index contributed by atoms with van der Waals surface area (Å²) in [6, 6.07) is 4.10. The fraction of sp³-hybridized carbons (Fsp3) is 0.333. The Balaban J connectivity index is 1.67. The molecular formula is C18H17FN6O2. The lowest BCUT2D eigenvalue weighted by Gasteiger charge is -2.39. The molecule has 4 heterocycles. The fourth-order valence-electron chi connectivity index (χ4n) is 3.69. The van der Waals surface area contributed by atoms with Gasteiger partial charge in [-0.05, 0) is 38.7 Å². The minimum atomic E-state index is -0.436. The highest BCUT2D eigenvalue weighted by Crippen LogP contribution is 2.43. The molecular weight excluding hydrogens is 351 g/mol. The number of halogens is 1. The summed E-state index contributed by atoms with van der Waals surface area (Å²) < 4.78 is 20.9. The molecule has 8 nitrogen and oxygen atoms in total. The maximum atomic E-state index is 13.8. The van der Waals surface area contributed by atoms with Gasteiger partial charge in [0.15, 0.2) is 0 Å². The summed E-state index contributed by atoms with van der Waals surface area (Å²) in [5.41, 5.74) is 2.37. The van der Waals surface area contributed by atoms with Crippen LogP contribution in [0.25, 0.3) is 17.2 Å². The summed E-state index contributed by atoms with van der Waals surface area (Å²) in [6.45, 7) is 1.15. The van der Waals surface area contributed by atoms with Crippen molar-refractivity contribution >= 4 is 5.91 Å². The van der Waals surface area contributed by atoms with Gasteiger partial charge in [-0.15, -0.1) is 0 Å². The Kier molecular flexibility index (Phi) is 3.41. The molecule has 1 aromatic carbocycles. The number of amides is 1. The molecule has 0 N–H and O–H groups in total. The van der Waals surface area contributed by atoms with Crippen LogP contribution >= 0.6 is 0 Å². The molecule has 2 aliphatic heterocycles. The minimum absolute atomic E-state index is 0.138. The molecule has 0 aliphatic carbocycles. The van der Waals surface area contributed by atoms with E-state index in [4.69, 9.17) is 4.52 Å². The van der Waals surface area contributed by atoms with E-state index >= 15 is 0 Å². The second-order valence-corrected chi connectivity index (χ2v) is 7.06. The number of imidazole rings is 1. The van der Waals surface area contributed by atoms with Gasteiger partial charge in [-0.1, -0.05) is 5.16 Å². The second kappa shape index (κ2) is 5.71. The standard InChI is InChI=1S/C18H17FN6O2/c1-23(2)8-14-21-17(22-27-14)15-16-13-5-6-24(13)18(26)11-7-10(19)3-4-12(11)25(16)9-20-15/h3-4,7,9,13H,5-6,8H2,1-2H3/t13-/m0/s1. The Morgan fingerprint density at radius 1 is 1.37 bits per heavy atom. The van der Waals surface area contributed by atoms with Gasteiger partial charge in [0.25, 0.3) is 5.91 Å². The number of hydrogen-bond donors (Lipinski definition) is 0. The monoisotopic (exact) mass is 368 g/mol. The molecule has 3 aromatic rings. The van der Waals surface area contributed by atoms with Crippen LogP contribution in [0.5, 0.6) is 0 Å². The third kappa shape index (κ3) is 2.38. The number of fused-ring (bicyclic) bond motifs is 5. The summed E-state index contributed by atoms with van der Waals surface area (Å²) in [5.74, 6) is 0.283. The van der Waals surface area contributed by atoms with Crippen LogP contribution in [0.1, 0.15) is 34.4 Å². The van der Waals surface area contributed by atoms with E-state index in [1.54, 1.807) is 17.3 Å². The van der Waals surface area contributed by atoms with Crippen LogP contribution in [0, 0.1) is 5.82 Å². The van der Waals surface area contributed by atoms with E-state index in [0.717, 1.165) is 12.1 Å². The Hall–Kier alpha value is -3.07. The van der Waals surface area contributed by atoms with Gasteiger partial charge < -0.3 is 14.3 Å². The van der Waals surface area contributed by atoms with Crippen molar-refractivity contribution in [1.29, 1.82) is 0 Å². The Bertz CT molecular complexity index is 1060. The lowest BCUT2D eigenvalue weighted by atomic mass is 9.97. The van der Waals surface area contributed by atoms with Crippen molar-refractivity contribution in [2.24, 2.45) is 0 Å². The molecule has 0 bridgehead atoms. The van der Waals surface area contributed by atoms with Crippen LogP contribution in [0.3, 0.4) is 0 Å². The topological polar surface area (TPSA) is 80.3 Å². The number of carbonyl (C=O) groups excluding carboxylic acids is 1. The number of nitrogens with zero attached hydrogens (tertiary/aromatic N) is 6. The molecule has 2 aromatic heterocycles. The quantitative estimate of drug-likeness (QED) is 0.704. The highest BCUT2D eigenvalue weighted by atomic mass is 19.1. The summed E-state index contributed by atoms with van der Waals surface area (Å²) in [5, 5.41) is 4.07. The lowest BCUT2D eigenvalue weighted by Crippen LogP contribution is -2.44. The van der Waals surface area contributed by atoms with Gasteiger partial charge >= 0.3 is 0 Å². The van der Waals surface area contributed by atoms with Crippen LogP contribution in [-0.4, -0.2) is 56.0 Å². The Labute approximate surface area is 154 Å². The number of rotatable bonds is 3. The SMILES string of the molecule is CN(C)Cc1nc(-c2ncn3c2[C@@H]2CCN2C(=O)c2cc(F)ccc2-3)no1. The first-order valence-electron chi connectivity index (χ1n) is 8.69. The molecule has 138 valence electrons. The molecule has 1 atom stereocenters. The van der Waals surface area contributed by atoms with Crippen LogP contribution in [0.2, 0.25) is 0 Å². The minimum Gasteiger partial charge on any atom is -0.337 e. The lowest BCUT2D eigenvalue weighted by molar-refractivity contribution is 0.0461. The number of hydrogen-bond acceptors (Lipinski definition) is 6. The second-order valence-electron chi connectivity index (χ2n) is 7.06. The van der Waals surface area contributed by atoms with E-state index in [2.05, 4.69) is 15.1 Å². The maximum absolute atomic E-state index is 13.8. The highest BCUT2D eigenvalue weighted by molar-refractivity contribution is 5.99. The first kappa shape index (κ1) is 16.1. The molecule has 2 aliphatic rings. The molecule has 27 heavy (non-hydrogen) atoms. The van der Waals surface area contributed by atoms with Crippen molar-refractivity contribution in [2.45, 2.75) is 19.0 Å². The zero-order chi connectivity index (χ0) is 18.7. The van der Waals surface area contributed by atoms with Crippen molar-refractivity contribution in [3.8, 4) is 17.2 Å². The molecule has 1 fully saturated rings. The van der Waals surface area contributed by atoms with Crippen LogP contribution in [-0.2, 0) is 6.54 Å². The zero-order valence-electron chi connectivity index (χ0n) is 14.9. The van der Waals surface area contributed by atoms with Crippen molar-refractivity contribution < 1.29 is 13.7 Å². The summed E-state index contributed by atoms with van der Waals surface area (Å²) in [7, 11) is 3.83. The molecule has 1 amide bonds. The molecule has 0 unspecified atom stereocenters. The predicted octanol–water partition coefficient (Wildman–Crippen LogP) is 2.02. The molecule has 0 spiro atoms. The van der Waals surface area contributed by atoms with E-state index in [1.807, 2.05) is 23.6 Å². The van der Waals surface area contributed by atoms with Gasteiger partial charge in [0.05, 0.1) is 29.5 Å². The third-order valence-electron chi connectivity index (χ3n) is 4.98. The largest absolute Gasteiger partial charge is 0.337 e. The van der Waals surface area contributed by atoms with Gasteiger partial charge in [0.2, 0.25) is 11.7 Å². The van der Waals surface area contributed by atoms with Crippen molar-refractivity contribution in [3.05, 3.63) is 47.5 Å². The van der Waals surface area contributed by atoms with E-state index in [0.29, 0.717) is 41.7 Å². The zero-order valence-corrected chi connectivity index (χ0v) is 14.9. The van der Waals surface area contributed by atoms with E-state index in [1.165, 1.54) is 12.1 Å². The summed E-state index contributed by atoms with van der Waals surface area (Å²) >= 11 is 0. The van der Waals surface area contributed by atoms with Gasteiger partial charge in [-0.2, -0.15) is 4.98 Å². The van der Waals surface area contributed by atoms with Gasteiger partial charge in [-0.25, -0.2) is 9.37 Å². The van der Waals surface area contributed by atoms with Gasteiger partial charge in [-0.3, -0.25) is 9.36 Å².